The second kappa shape index (κ2) is 2.99. The summed E-state index contributed by atoms with van der Waals surface area (Å²) in [6.07, 6.45) is 1.47. The molecule has 2 heterocycles. The Balaban J connectivity index is 2.68. The maximum Gasteiger partial charge on any atom is 0.421 e. The van der Waals surface area contributed by atoms with Crippen LogP contribution in [0.5, 0.6) is 0 Å². The Kier molecular flexibility index (Phi) is 1.81. The third-order valence-electron chi connectivity index (χ3n) is 1.74. The molecule has 0 aliphatic rings. The molecule has 0 aliphatic carbocycles. The smallest absolute Gasteiger partial charge is 0.421 e. The molecule has 72 valence electrons. The van der Waals surface area contributed by atoms with E-state index in [1.807, 2.05) is 0 Å². The van der Waals surface area contributed by atoms with Crippen molar-refractivity contribution in [2.24, 2.45) is 0 Å². The number of carbonyl (C=O) groups is 1. The van der Waals surface area contributed by atoms with Gasteiger partial charge in [0.1, 0.15) is 12.1 Å². The minimum atomic E-state index is -1.10. The Hall–Kier alpha value is -2.11. The van der Waals surface area contributed by atoms with E-state index in [1.165, 1.54) is 6.20 Å². The van der Waals surface area contributed by atoms with Crippen molar-refractivity contribution in [2.45, 2.75) is 6.54 Å². The van der Waals surface area contributed by atoms with Crippen LogP contribution in [0.1, 0.15) is 0 Å². The Morgan fingerprint density at radius 1 is 1.64 bits per heavy atom. The maximum absolute atomic E-state index is 11.2. The molecule has 0 unspecified atom stereocenters. The molecule has 0 atom stereocenters. The van der Waals surface area contributed by atoms with E-state index in [0.29, 0.717) is 5.52 Å². The number of hydrogen-bond acceptors (Lipinski definition) is 4. The number of carboxylic acid groups (broad SMARTS) is 1. The second-order valence-electron chi connectivity index (χ2n) is 2.68. The average Bonchev–Trinajstić information content (AvgIpc) is 2.43. The highest BCUT2D eigenvalue weighted by molar-refractivity contribution is 5.72. The molecule has 1 N–H and O–H groups in total. The predicted octanol–water partition coefficient (Wildman–Crippen LogP) is 0.0741. The molecule has 0 radical (unpaired) electrons. The fraction of sp³-hybridized carbons (Fsp3) is 0.125. The number of pyridine rings is 1. The first-order chi connectivity index (χ1) is 6.68. The number of rotatable bonds is 2. The Morgan fingerprint density at radius 2 is 2.43 bits per heavy atom. The normalized spacial score (nSPS) is 10.6. The third-order valence-corrected chi connectivity index (χ3v) is 1.74. The second-order valence-corrected chi connectivity index (χ2v) is 2.68. The zero-order valence-electron chi connectivity index (χ0n) is 7.01. The summed E-state index contributed by atoms with van der Waals surface area (Å²) in [5.41, 5.74) is 0.540. The quantitative estimate of drug-likeness (QED) is 0.731. The first-order valence-corrected chi connectivity index (χ1v) is 3.84. The van der Waals surface area contributed by atoms with Crippen LogP contribution in [0.15, 0.2) is 27.5 Å². The van der Waals surface area contributed by atoms with E-state index in [0.717, 1.165) is 4.57 Å². The van der Waals surface area contributed by atoms with Crippen LogP contribution < -0.4 is 5.76 Å². The van der Waals surface area contributed by atoms with Gasteiger partial charge in [0.15, 0.2) is 0 Å². The van der Waals surface area contributed by atoms with Crippen LogP contribution in [0.4, 0.5) is 0 Å². The highest BCUT2D eigenvalue weighted by atomic mass is 16.4. The first kappa shape index (κ1) is 8.49. The van der Waals surface area contributed by atoms with Crippen molar-refractivity contribution in [1.29, 1.82) is 0 Å². The van der Waals surface area contributed by atoms with Gasteiger partial charge in [0.2, 0.25) is 5.71 Å². The van der Waals surface area contributed by atoms with E-state index < -0.39 is 18.3 Å². The lowest BCUT2D eigenvalue weighted by Gasteiger charge is -1.94. The summed E-state index contributed by atoms with van der Waals surface area (Å²) in [4.78, 5) is 25.4. The number of nitrogens with zero attached hydrogens (tertiary/aromatic N) is 2. The lowest BCUT2D eigenvalue weighted by atomic mass is 10.4. The monoisotopic (exact) mass is 194 g/mol. The van der Waals surface area contributed by atoms with Gasteiger partial charge in [-0.05, 0) is 12.1 Å². The zero-order chi connectivity index (χ0) is 10.1. The topological polar surface area (TPSA) is 85.3 Å². The number of aliphatic carboxylic acids is 1. The molecule has 6 heteroatoms. The largest absolute Gasteiger partial charge is 0.480 e. The van der Waals surface area contributed by atoms with Crippen molar-refractivity contribution in [3.63, 3.8) is 0 Å². The van der Waals surface area contributed by atoms with Gasteiger partial charge in [0.05, 0.1) is 0 Å². The van der Waals surface area contributed by atoms with Crippen LogP contribution in [0.25, 0.3) is 11.2 Å². The van der Waals surface area contributed by atoms with Crippen LogP contribution >= 0.6 is 0 Å². The molecule has 6 nitrogen and oxygen atoms in total. The molecule has 0 amide bonds. The highest BCUT2D eigenvalue weighted by Crippen LogP contribution is 2.07. The van der Waals surface area contributed by atoms with Crippen LogP contribution in [-0.4, -0.2) is 20.6 Å². The van der Waals surface area contributed by atoms with Gasteiger partial charge in [-0.25, -0.2) is 9.78 Å². The van der Waals surface area contributed by atoms with Gasteiger partial charge >= 0.3 is 11.7 Å². The molecule has 2 aromatic rings. The van der Waals surface area contributed by atoms with Crippen LogP contribution in [0.2, 0.25) is 0 Å². The van der Waals surface area contributed by atoms with Gasteiger partial charge in [-0.2, -0.15) is 0 Å². The molecular formula is C8H6N2O4. The van der Waals surface area contributed by atoms with Gasteiger partial charge < -0.3 is 9.52 Å². The van der Waals surface area contributed by atoms with Crippen LogP contribution in [0.3, 0.4) is 0 Å². The molecular weight excluding hydrogens is 188 g/mol. The van der Waals surface area contributed by atoms with Gasteiger partial charge in [0.25, 0.3) is 0 Å². The number of hydrogen-bond donors (Lipinski definition) is 1. The molecule has 2 aromatic heterocycles. The standard InChI is InChI=1S/C8H6N2O4/c11-6(12)4-10-5-2-1-3-9-7(5)14-8(10)13/h1-3H,4H2,(H,11,12). The molecule has 0 aliphatic heterocycles. The van der Waals surface area contributed by atoms with E-state index >= 15 is 0 Å². The van der Waals surface area contributed by atoms with Crippen molar-refractivity contribution >= 4 is 17.2 Å². The lowest BCUT2D eigenvalue weighted by molar-refractivity contribution is -0.137. The summed E-state index contributed by atoms with van der Waals surface area (Å²) in [7, 11) is 0. The number of oxazole rings is 1. The maximum atomic E-state index is 11.2. The average molecular weight is 194 g/mol. The lowest BCUT2D eigenvalue weighted by Crippen LogP contribution is -2.19. The first-order valence-electron chi connectivity index (χ1n) is 3.84. The van der Waals surface area contributed by atoms with Crippen LogP contribution in [0, 0.1) is 0 Å². The van der Waals surface area contributed by atoms with E-state index in [2.05, 4.69) is 4.98 Å². The van der Waals surface area contributed by atoms with Gasteiger partial charge in [-0.15, -0.1) is 0 Å². The van der Waals surface area contributed by atoms with Crippen molar-refractivity contribution in [2.75, 3.05) is 0 Å². The van der Waals surface area contributed by atoms with Crippen molar-refractivity contribution < 1.29 is 14.3 Å². The highest BCUT2D eigenvalue weighted by Gasteiger charge is 2.11. The molecule has 0 spiro atoms. The summed E-state index contributed by atoms with van der Waals surface area (Å²) >= 11 is 0. The Morgan fingerprint density at radius 3 is 3.14 bits per heavy atom. The fourth-order valence-corrected chi connectivity index (χ4v) is 1.19. The van der Waals surface area contributed by atoms with E-state index in [-0.39, 0.29) is 5.71 Å². The predicted molar refractivity (Wildman–Crippen MR) is 45.9 cm³/mol. The Bertz CT molecular complexity index is 540. The summed E-state index contributed by atoms with van der Waals surface area (Å²) in [6, 6.07) is 3.19. The summed E-state index contributed by atoms with van der Waals surface area (Å²) in [5, 5.41) is 8.55. The van der Waals surface area contributed by atoms with E-state index in [9.17, 15) is 9.59 Å². The minimum Gasteiger partial charge on any atom is -0.480 e. The molecule has 0 saturated carbocycles. The molecule has 0 aromatic carbocycles. The van der Waals surface area contributed by atoms with Crippen molar-refractivity contribution in [3.05, 3.63) is 28.9 Å². The third kappa shape index (κ3) is 1.26. The number of aromatic nitrogens is 2. The fourth-order valence-electron chi connectivity index (χ4n) is 1.19. The summed E-state index contributed by atoms with van der Waals surface area (Å²) in [5.74, 6) is -1.81. The SMILES string of the molecule is O=C(O)Cn1c(=O)oc2ncccc21. The zero-order valence-corrected chi connectivity index (χ0v) is 7.01. The van der Waals surface area contributed by atoms with Gasteiger partial charge in [-0.1, -0.05) is 0 Å². The van der Waals surface area contributed by atoms with E-state index in [4.69, 9.17) is 9.52 Å². The van der Waals surface area contributed by atoms with Crippen molar-refractivity contribution in [1.82, 2.24) is 9.55 Å². The number of fused-ring (bicyclic) bond motifs is 1. The van der Waals surface area contributed by atoms with E-state index in [1.54, 1.807) is 12.1 Å². The molecule has 2 rings (SSSR count). The van der Waals surface area contributed by atoms with Crippen molar-refractivity contribution in [3.8, 4) is 0 Å². The summed E-state index contributed by atoms with van der Waals surface area (Å²) < 4.78 is 5.75. The molecule has 0 saturated heterocycles. The molecule has 0 fully saturated rings. The Labute approximate surface area is 77.4 Å². The van der Waals surface area contributed by atoms with Gasteiger partial charge in [0, 0.05) is 6.20 Å². The number of carboxylic acids is 1. The molecule has 0 bridgehead atoms. The summed E-state index contributed by atoms with van der Waals surface area (Å²) in [6.45, 7) is -0.419. The minimum absolute atomic E-state index is 0.152. The van der Waals surface area contributed by atoms with Gasteiger partial charge in [-0.3, -0.25) is 9.36 Å². The molecule has 14 heavy (non-hydrogen) atoms. The van der Waals surface area contributed by atoms with Crippen LogP contribution in [-0.2, 0) is 11.3 Å².